The van der Waals surface area contributed by atoms with Crippen LogP contribution in [0.2, 0.25) is 0 Å². The maximum Gasteiger partial charge on any atom is 0.323 e. The molecule has 0 aliphatic heterocycles. The van der Waals surface area contributed by atoms with Gasteiger partial charge >= 0.3 is 12.0 Å². The number of hydrogen-bond donors (Lipinski definition) is 2. The second-order valence-corrected chi connectivity index (χ2v) is 5.13. The van der Waals surface area contributed by atoms with Gasteiger partial charge in [-0.1, -0.05) is 6.08 Å². The fraction of sp³-hybridized carbons (Fsp3) is 0.600. The van der Waals surface area contributed by atoms with Gasteiger partial charge in [0.2, 0.25) is 0 Å². The zero-order valence-corrected chi connectivity index (χ0v) is 10.8. The summed E-state index contributed by atoms with van der Waals surface area (Å²) in [4.78, 5) is 23.3. The van der Waals surface area contributed by atoms with E-state index in [0.29, 0.717) is 5.75 Å². The number of carbonyl (C=O) groups is 2. The first-order valence-corrected chi connectivity index (χ1v) is 6.77. The smallest absolute Gasteiger partial charge is 0.323 e. The second-order valence-electron chi connectivity index (χ2n) is 3.65. The van der Waals surface area contributed by atoms with E-state index in [9.17, 15) is 13.8 Å². The van der Waals surface area contributed by atoms with Gasteiger partial charge < -0.3 is 15.3 Å². The van der Waals surface area contributed by atoms with Crippen LogP contribution >= 0.6 is 0 Å². The minimum absolute atomic E-state index is 0.153. The Morgan fingerprint density at radius 2 is 2.18 bits per heavy atom. The molecule has 98 valence electrons. The molecule has 0 aliphatic rings. The van der Waals surface area contributed by atoms with Crippen molar-refractivity contribution in [1.82, 2.24) is 10.2 Å². The van der Waals surface area contributed by atoms with Gasteiger partial charge in [0, 0.05) is 35.4 Å². The van der Waals surface area contributed by atoms with Gasteiger partial charge in [0.1, 0.15) is 6.54 Å². The molecule has 0 saturated carbocycles. The average Bonchev–Trinajstić information content (AvgIpc) is 2.14. The fourth-order valence-corrected chi connectivity index (χ4v) is 2.02. The van der Waals surface area contributed by atoms with Crippen LogP contribution in [0.4, 0.5) is 4.79 Å². The predicted molar refractivity (Wildman–Crippen MR) is 66.3 cm³/mol. The Balaban J connectivity index is 4.35. The van der Waals surface area contributed by atoms with E-state index in [-0.39, 0.29) is 19.1 Å². The monoisotopic (exact) mass is 262 g/mol. The molecule has 0 heterocycles. The first-order chi connectivity index (χ1) is 7.86. The number of carbonyl (C=O) groups excluding carboxylic acids is 1. The number of nitrogens with zero attached hydrogens (tertiary/aromatic N) is 1. The topological polar surface area (TPSA) is 86.7 Å². The highest BCUT2D eigenvalue weighted by atomic mass is 32.2. The van der Waals surface area contributed by atoms with Gasteiger partial charge in [-0.3, -0.25) is 9.00 Å². The highest BCUT2D eigenvalue weighted by Gasteiger charge is 2.17. The lowest BCUT2D eigenvalue weighted by Crippen LogP contribution is -2.47. The van der Waals surface area contributed by atoms with Crippen molar-refractivity contribution in [3.05, 3.63) is 12.7 Å². The van der Waals surface area contributed by atoms with Crippen molar-refractivity contribution in [3.63, 3.8) is 0 Å². The number of aliphatic carboxylic acids is 1. The van der Waals surface area contributed by atoms with Crippen LogP contribution in [0.15, 0.2) is 12.7 Å². The van der Waals surface area contributed by atoms with Crippen LogP contribution in [0.3, 0.4) is 0 Å². The molecule has 0 rings (SSSR count). The summed E-state index contributed by atoms with van der Waals surface area (Å²) in [6.45, 7) is 4.93. The minimum Gasteiger partial charge on any atom is -0.480 e. The Labute approximate surface area is 103 Å². The number of nitrogens with one attached hydrogen (secondary N) is 1. The van der Waals surface area contributed by atoms with Crippen LogP contribution < -0.4 is 5.32 Å². The van der Waals surface area contributed by atoms with Crippen LogP contribution in [-0.2, 0) is 15.6 Å². The van der Waals surface area contributed by atoms with Crippen molar-refractivity contribution in [2.24, 2.45) is 0 Å². The standard InChI is InChI=1S/C10H18N2O4S/c1-4-5-12(6-9(13)14)10(15)11-8(2)7-17(3)16/h4,8H,1,5-7H2,2-3H3,(H,11,15)(H,13,14). The van der Waals surface area contributed by atoms with Crippen LogP contribution in [-0.4, -0.2) is 57.4 Å². The van der Waals surface area contributed by atoms with Gasteiger partial charge in [-0.2, -0.15) is 0 Å². The van der Waals surface area contributed by atoms with Crippen LogP contribution in [0.1, 0.15) is 6.92 Å². The Bertz CT molecular complexity index is 319. The van der Waals surface area contributed by atoms with E-state index in [1.165, 1.54) is 6.08 Å². The maximum absolute atomic E-state index is 11.7. The number of rotatable bonds is 7. The van der Waals surface area contributed by atoms with Crippen LogP contribution in [0, 0.1) is 0 Å². The number of carboxylic acids is 1. The predicted octanol–water partition coefficient (Wildman–Crippen LogP) is 0.0356. The Kier molecular flexibility index (Phi) is 7.20. The third-order valence-electron chi connectivity index (χ3n) is 1.82. The van der Waals surface area contributed by atoms with Crippen molar-refractivity contribution in [2.75, 3.05) is 25.1 Å². The lowest BCUT2D eigenvalue weighted by atomic mass is 10.4. The molecule has 0 radical (unpaired) electrons. The molecule has 0 aromatic heterocycles. The molecule has 0 spiro atoms. The molecule has 2 atom stereocenters. The molecule has 17 heavy (non-hydrogen) atoms. The molecule has 7 heteroatoms. The summed E-state index contributed by atoms with van der Waals surface area (Å²) in [7, 11) is -1.01. The second kappa shape index (κ2) is 7.83. The molecule has 0 aliphatic carbocycles. The van der Waals surface area contributed by atoms with Crippen molar-refractivity contribution < 1.29 is 18.9 Å². The van der Waals surface area contributed by atoms with Gasteiger partial charge in [-0.05, 0) is 6.92 Å². The molecule has 2 N–H and O–H groups in total. The van der Waals surface area contributed by atoms with Gasteiger partial charge in [-0.15, -0.1) is 6.58 Å². The largest absolute Gasteiger partial charge is 0.480 e. The third kappa shape index (κ3) is 7.51. The highest BCUT2D eigenvalue weighted by molar-refractivity contribution is 7.84. The normalized spacial score (nSPS) is 13.5. The van der Waals surface area contributed by atoms with E-state index in [1.54, 1.807) is 13.2 Å². The average molecular weight is 262 g/mol. The van der Waals surface area contributed by atoms with E-state index >= 15 is 0 Å². The van der Waals surface area contributed by atoms with Crippen molar-refractivity contribution in [3.8, 4) is 0 Å². The van der Waals surface area contributed by atoms with E-state index in [2.05, 4.69) is 11.9 Å². The summed E-state index contributed by atoms with van der Waals surface area (Å²) in [5, 5.41) is 11.2. The van der Waals surface area contributed by atoms with Crippen molar-refractivity contribution in [2.45, 2.75) is 13.0 Å². The molecule has 0 aromatic rings. The van der Waals surface area contributed by atoms with Crippen molar-refractivity contribution >= 4 is 22.8 Å². The quantitative estimate of drug-likeness (QED) is 0.634. The first kappa shape index (κ1) is 15.6. The van der Waals surface area contributed by atoms with Gasteiger partial charge in [0.25, 0.3) is 0 Å². The van der Waals surface area contributed by atoms with E-state index < -0.39 is 22.8 Å². The molecule has 2 unspecified atom stereocenters. The number of urea groups is 1. The summed E-state index contributed by atoms with van der Waals surface area (Å²) < 4.78 is 10.9. The van der Waals surface area contributed by atoms with E-state index in [0.717, 1.165) is 4.90 Å². The summed E-state index contributed by atoms with van der Waals surface area (Å²) in [6, 6.07) is -0.764. The lowest BCUT2D eigenvalue weighted by molar-refractivity contribution is -0.137. The maximum atomic E-state index is 11.7. The molecule has 2 amide bonds. The first-order valence-electron chi connectivity index (χ1n) is 5.05. The molecule has 0 bridgehead atoms. The Hall–Kier alpha value is -1.37. The Morgan fingerprint density at radius 1 is 1.59 bits per heavy atom. The van der Waals surface area contributed by atoms with Crippen LogP contribution in [0.25, 0.3) is 0 Å². The van der Waals surface area contributed by atoms with E-state index in [4.69, 9.17) is 5.11 Å². The van der Waals surface area contributed by atoms with Gasteiger partial charge in [-0.25, -0.2) is 4.79 Å². The third-order valence-corrected chi connectivity index (χ3v) is 2.79. The SMILES string of the molecule is C=CCN(CC(=O)O)C(=O)NC(C)CS(C)=O. The number of hydrogen-bond acceptors (Lipinski definition) is 3. The molecule has 0 fully saturated rings. The van der Waals surface area contributed by atoms with Crippen LogP contribution in [0.5, 0.6) is 0 Å². The fourth-order valence-electron chi connectivity index (χ4n) is 1.23. The highest BCUT2D eigenvalue weighted by Crippen LogP contribution is 1.94. The molecule has 0 aromatic carbocycles. The summed E-state index contributed by atoms with van der Waals surface area (Å²) >= 11 is 0. The number of amides is 2. The van der Waals surface area contributed by atoms with Gasteiger partial charge in [0.05, 0.1) is 0 Å². The lowest BCUT2D eigenvalue weighted by Gasteiger charge is -2.22. The molecule has 6 nitrogen and oxygen atoms in total. The zero-order valence-electron chi connectivity index (χ0n) is 10.0. The molecular weight excluding hydrogens is 244 g/mol. The summed E-state index contributed by atoms with van der Waals surface area (Å²) in [5.41, 5.74) is 0. The number of carboxylic acid groups (broad SMARTS) is 1. The zero-order chi connectivity index (χ0) is 13.4. The molecule has 0 saturated heterocycles. The minimum atomic E-state index is -1.09. The summed E-state index contributed by atoms with van der Waals surface area (Å²) in [6.07, 6.45) is 2.99. The van der Waals surface area contributed by atoms with Gasteiger partial charge in [0.15, 0.2) is 0 Å². The van der Waals surface area contributed by atoms with E-state index in [1.807, 2.05) is 0 Å². The Morgan fingerprint density at radius 3 is 2.59 bits per heavy atom. The van der Waals surface area contributed by atoms with Crippen molar-refractivity contribution in [1.29, 1.82) is 0 Å². The summed E-state index contributed by atoms with van der Waals surface area (Å²) in [5.74, 6) is -0.755. The molecular formula is C10H18N2O4S.